The number of carbonyl (C=O) groups excluding carboxylic acids is 1. The van der Waals surface area contributed by atoms with Crippen molar-refractivity contribution in [3.05, 3.63) is 87.4 Å². The topological polar surface area (TPSA) is 72.7 Å². The van der Waals surface area contributed by atoms with Gasteiger partial charge in [0.1, 0.15) is 5.82 Å². The third-order valence-electron chi connectivity index (χ3n) is 4.91. The second-order valence-corrected chi connectivity index (χ2v) is 8.35. The van der Waals surface area contributed by atoms with Crippen LogP contribution in [0.25, 0.3) is 5.69 Å². The number of thiazole rings is 1. The summed E-state index contributed by atoms with van der Waals surface area (Å²) in [7, 11) is 0. The predicted molar refractivity (Wildman–Crippen MR) is 115 cm³/mol. The van der Waals surface area contributed by atoms with Crippen LogP contribution in [0.1, 0.15) is 37.9 Å². The van der Waals surface area contributed by atoms with E-state index in [4.69, 9.17) is 0 Å². The minimum Gasteiger partial charge on any atom is -0.296 e. The van der Waals surface area contributed by atoms with E-state index in [0.29, 0.717) is 27.8 Å². The average molecular weight is 475 g/mol. The molecule has 4 aromatic rings. The number of amides is 1. The van der Waals surface area contributed by atoms with Crippen molar-refractivity contribution in [1.29, 1.82) is 0 Å². The van der Waals surface area contributed by atoms with Crippen molar-refractivity contribution in [1.82, 2.24) is 20.0 Å². The van der Waals surface area contributed by atoms with Crippen LogP contribution >= 0.6 is 11.3 Å². The number of nitrogens with zero attached hydrogens (tertiary/aromatic N) is 4. The van der Waals surface area contributed by atoms with Crippen LogP contribution in [0.2, 0.25) is 0 Å². The summed E-state index contributed by atoms with van der Waals surface area (Å²) in [6.07, 6.45) is -4.16. The van der Waals surface area contributed by atoms with E-state index in [-0.39, 0.29) is 12.1 Å². The summed E-state index contributed by atoms with van der Waals surface area (Å²) in [4.78, 5) is 17.8. The fourth-order valence-corrected chi connectivity index (χ4v) is 4.20. The molecular weight excluding hydrogens is 458 g/mol. The van der Waals surface area contributed by atoms with Gasteiger partial charge in [0.05, 0.1) is 22.6 Å². The highest BCUT2D eigenvalue weighted by Gasteiger charge is 2.30. The Kier molecular flexibility index (Phi) is 5.98. The number of rotatable bonds is 5. The molecular formula is C22H17F4N5OS. The molecule has 2 aromatic carbocycles. The number of halogens is 4. The number of hydrogen-bond acceptors (Lipinski definition) is 5. The van der Waals surface area contributed by atoms with Gasteiger partial charge in [-0.3, -0.25) is 10.1 Å². The van der Waals surface area contributed by atoms with Gasteiger partial charge in [0.2, 0.25) is 0 Å². The lowest BCUT2D eigenvalue weighted by molar-refractivity contribution is -0.137. The highest BCUT2D eigenvalue weighted by atomic mass is 32.1. The highest BCUT2D eigenvalue weighted by Crippen LogP contribution is 2.31. The summed E-state index contributed by atoms with van der Waals surface area (Å²) in [6, 6.07) is 10.7. The number of alkyl halides is 3. The van der Waals surface area contributed by atoms with Gasteiger partial charge in [0.15, 0.2) is 10.8 Å². The zero-order valence-electron chi connectivity index (χ0n) is 17.4. The van der Waals surface area contributed by atoms with Gasteiger partial charge in [-0.05, 0) is 49.7 Å². The molecule has 170 valence electrons. The molecule has 1 amide bonds. The summed E-state index contributed by atoms with van der Waals surface area (Å²) in [6.45, 7) is 3.38. The number of aromatic nitrogens is 4. The largest absolute Gasteiger partial charge is 0.416 e. The van der Waals surface area contributed by atoms with E-state index in [2.05, 4.69) is 20.6 Å². The molecule has 6 nitrogen and oxygen atoms in total. The Morgan fingerprint density at radius 2 is 1.85 bits per heavy atom. The number of nitrogens with one attached hydrogen (secondary N) is 1. The van der Waals surface area contributed by atoms with Crippen LogP contribution < -0.4 is 5.32 Å². The Hall–Kier alpha value is -3.60. The van der Waals surface area contributed by atoms with Crippen LogP contribution in [0.4, 0.5) is 22.7 Å². The van der Waals surface area contributed by atoms with Crippen LogP contribution in [0, 0.1) is 19.7 Å². The minimum absolute atomic E-state index is 0.0756. The van der Waals surface area contributed by atoms with E-state index in [1.807, 2.05) is 0 Å². The maximum absolute atomic E-state index is 13.2. The van der Waals surface area contributed by atoms with Crippen molar-refractivity contribution >= 4 is 22.4 Å². The van der Waals surface area contributed by atoms with Gasteiger partial charge >= 0.3 is 6.18 Å². The van der Waals surface area contributed by atoms with Crippen molar-refractivity contribution < 1.29 is 22.4 Å². The molecule has 0 radical (unpaired) electrons. The monoisotopic (exact) mass is 475 g/mol. The van der Waals surface area contributed by atoms with Crippen molar-refractivity contribution in [2.24, 2.45) is 0 Å². The number of anilines is 1. The first kappa shape index (κ1) is 22.6. The highest BCUT2D eigenvalue weighted by molar-refractivity contribution is 7.15. The fourth-order valence-electron chi connectivity index (χ4n) is 3.21. The third kappa shape index (κ3) is 4.92. The smallest absolute Gasteiger partial charge is 0.296 e. The molecule has 4 rings (SSSR count). The van der Waals surface area contributed by atoms with Gasteiger partial charge in [-0.15, -0.1) is 16.4 Å². The SMILES string of the molecule is Cc1nc(NC(=O)c2nnn(-c3ccc(F)cc3)c2C)sc1Cc1cccc(C(F)(F)F)c1. The normalized spacial score (nSPS) is 11.6. The van der Waals surface area contributed by atoms with Gasteiger partial charge in [-0.2, -0.15) is 13.2 Å². The summed E-state index contributed by atoms with van der Waals surface area (Å²) in [5.74, 6) is -0.921. The van der Waals surface area contributed by atoms with Crippen LogP contribution in [-0.2, 0) is 12.6 Å². The summed E-state index contributed by atoms with van der Waals surface area (Å²) in [5.41, 5.74) is 1.47. The van der Waals surface area contributed by atoms with E-state index in [1.54, 1.807) is 19.9 Å². The molecule has 2 aromatic heterocycles. The first-order valence-electron chi connectivity index (χ1n) is 9.74. The molecule has 0 aliphatic carbocycles. The van der Waals surface area contributed by atoms with E-state index in [9.17, 15) is 22.4 Å². The molecule has 0 unspecified atom stereocenters. The van der Waals surface area contributed by atoms with Gasteiger partial charge in [-0.25, -0.2) is 14.1 Å². The average Bonchev–Trinajstić information content (AvgIpc) is 3.30. The van der Waals surface area contributed by atoms with Crippen molar-refractivity contribution in [2.75, 3.05) is 5.32 Å². The second-order valence-electron chi connectivity index (χ2n) is 7.27. The Balaban J connectivity index is 1.50. The number of carbonyl (C=O) groups is 1. The summed E-state index contributed by atoms with van der Waals surface area (Å²) in [5, 5.41) is 10.8. The van der Waals surface area contributed by atoms with Crippen molar-refractivity contribution in [2.45, 2.75) is 26.4 Å². The van der Waals surface area contributed by atoms with E-state index >= 15 is 0 Å². The fraction of sp³-hybridized carbons (Fsp3) is 0.182. The molecule has 0 atom stereocenters. The van der Waals surface area contributed by atoms with Gasteiger partial charge in [0, 0.05) is 11.3 Å². The van der Waals surface area contributed by atoms with Gasteiger partial charge < -0.3 is 0 Å². The molecule has 0 bridgehead atoms. The number of hydrogen-bond donors (Lipinski definition) is 1. The molecule has 0 aliphatic rings. The minimum atomic E-state index is -4.42. The third-order valence-corrected chi connectivity index (χ3v) is 5.99. The Labute approximate surface area is 189 Å². The zero-order chi connectivity index (χ0) is 23.8. The molecule has 0 spiro atoms. The molecule has 0 aliphatic heterocycles. The van der Waals surface area contributed by atoms with E-state index in [1.165, 1.54) is 46.4 Å². The van der Waals surface area contributed by atoms with Crippen LogP contribution in [-0.4, -0.2) is 25.9 Å². The lowest BCUT2D eigenvalue weighted by Gasteiger charge is -2.08. The maximum Gasteiger partial charge on any atom is 0.416 e. The van der Waals surface area contributed by atoms with Crippen molar-refractivity contribution in [3.63, 3.8) is 0 Å². The van der Waals surface area contributed by atoms with Crippen LogP contribution in [0.5, 0.6) is 0 Å². The Bertz CT molecular complexity index is 1310. The first-order valence-corrected chi connectivity index (χ1v) is 10.6. The molecule has 1 N–H and O–H groups in total. The lowest BCUT2D eigenvalue weighted by Crippen LogP contribution is -2.14. The van der Waals surface area contributed by atoms with Crippen LogP contribution in [0.15, 0.2) is 48.5 Å². The second kappa shape index (κ2) is 8.74. The number of aryl methyl sites for hydroxylation is 1. The lowest BCUT2D eigenvalue weighted by atomic mass is 10.1. The van der Waals surface area contributed by atoms with Gasteiger partial charge in [-0.1, -0.05) is 23.4 Å². The molecule has 0 saturated carbocycles. The predicted octanol–water partition coefficient (Wildman–Crippen LogP) is 5.34. The first-order chi connectivity index (χ1) is 15.6. The van der Waals surface area contributed by atoms with Gasteiger partial charge in [0.25, 0.3) is 5.91 Å². The quantitative estimate of drug-likeness (QED) is 0.396. The van der Waals surface area contributed by atoms with E-state index in [0.717, 1.165) is 17.0 Å². The van der Waals surface area contributed by atoms with Crippen LogP contribution in [0.3, 0.4) is 0 Å². The summed E-state index contributed by atoms with van der Waals surface area (Å²) < 4.78 is 53.5. The standard InChI is InChI=1S/C22H17F4N5OS/c1-12-18(11-14-4-3-5-15(10-14)22(24,25)26)33-21(27-12)28-20(32)19-13(2)31(30-29-19)17-8-6-16(23)7-9-17/h3-10H,11H2,1-2H3,(H,27,28,32). The molecule has 0 fully saturated rings. The Morgan fingerprint density at radius 3 is 2.55 bits per heavy atom. The van der Waals surface area contributed by atoms with Crippen molar-refractivity contribution in [3.8, 4) is 5.69 Å². The number of benzene rings is 2. The summed E-state index contributed by atoms with van der Waals surface area (Å²) >= 11 is 1.18. The van der Waals surface area contributed by atoms with E-state index < -0.39 is 23.5 Å². The molecule has 0 saturated heterocycles. The Morgan fingerprint density at radius 1 is 1.12 bits per heavy atom. The molecule has 2 heterocycles. The zero-order valence-corrected chi connectivity index (χ0v) is 18.3. The molecule has 11 heteroatoms. The molecule has 33 heavy (non-hydrogen) atoms. The maximum atomic E-state index is 13.2.